The highest BCUT2D eigenvalue weighted by molar-refractivity contribution is 6.01. The summed E-state index contributed by atoms with van der Waals surface area (Å²) >= 11 is 0. The third kappa shape index (κ3) is 5.06. The van der Waals surface area contributed by atoms with E-state index in [1.165, 1.54) is 12.1 Å². The average molecular weight is 401 g/mol. The number of aromatic nitrogens is 1. The van der Waals surface area contributed by atoms with E-state index in [9.17, 15) is 18.0 Å². The maximum atomic E-state index is 12.8. The Kier molecular flexibility index (Phi) is 6.08. The highest BCUT2D eigenvalue weighted by Crippen LogP contribution is 2.33. The Morgan fingerprint density at radius 3 is 2.24 bits per heavy atom. The van der Waals surface area contributed by atoms with Crippen molar-refractivity contribution in [3.8, 4) is 22.5 Å². The second-order valence-corrected chi connectivity index (χ2v) is 6.97. The summed E-state index contributed by atoms with van der Waals surface area (Å²) < 4.78 is 38.5. The van der Waals surface area contributed by atoms with Crippen molar-refractivity contribution in [3.05, 3.63) is 71.8 Å². The number of alkyl halides is 3. The van der Waals surface area contributed by atoms with Crippen LogP contribution in [0, 0.1) is 0 Å². The number of halogens is 3. The van der Waals surface area contributed by atoms with Gasteiger partial charge in [-0.05, 0) is 43.4 Å². The maximum absolute atomic E-state index is 12.8. The molecule has 2 aromatic carbocycles. The van der Waals surface area contributed by atoms with E-state index in [4.69, 9.17) is 0 Å². The first-order chi connectivity index (χ1) is 13.8. The van der Waals surface area contributed by atoms with E-state index >= 15 is 0 Å². The highest BCUT2D eigenvalue weighted by atomic mass is 19.4. The fourth-order valence-electron chi connectivity index (χ4n) is 2.95. The zero-order valence-corrected chi connectivity index (χ0v) is 16.2. The molecule has 0 aliphatic carbocycles. The van der Waals surface area contributed by atoms with E-state index in [2.05, 4.69) is 10.3 Å². The van der Waals surface area contributed by atoms with Gasteiger partial charge in [0.15, 0.2) is 0 Å². The van der Waals surface area contributed by atoms with Crippen LogP contribution >= 0.6 is 0 Å². The second-order valence-electron chi connectivity index (χ2n) is 6.97. The minimum absolute atomic E-state index is 0.236. The molecule has 0 spiro atoms. The molecule has 0 aliphatic rings. The predicted molar refractivity (Wildman–Crippen MR) is 108 cm³/mol. The standard InChI is InChI=1S/C22H22F3N3O/c1-28(2)13-12-26-21(29)18-14-19(27-20(18)16-6-4-3-5-7-16)15-8-10-17(11-9-15)22(23,24)25/h3-11,14,27H,12-13H2,1-2H3,(H,26,29). The van der Waals surface area contributed by atoms with Crippen LogP contribution in [-0.2, 0) is 6.18 Å². The van der Waals surface area contributed by atoms with Crippen molar-refractivity contribution in [1.29, 1.82) is 0 Å². The van der Waals surface area contributed by atoms with Crippen LogP contribution in [0.4, 0.5) is 13.2 Å². The van der Waals surface area contributed by atoms with Gasteiger partial charge >= 0.3 is 6.18 Å². The molecule has 152 valence electrons. The molecule has 1 heterocycles. The molecule has 0 aliphatic heterocycles. The molecule has 0 saturated heterocycles. The Balaban J connectivity index is 1.95. The normalized spacial score (nSPS) is 11.7. The molecule has 1 amide bonds. The van der Waals surface area contributed by atoms with Gasteiger partial charge in [0, 0.05) is 18.8 Å². The Morgan fingerprint density at radius 1 is 1.00 bits per heavy atom. The van der Waals surface area contributed by atoms with Crippen molar-refractivity contribution in [2.75, 3.05) is 27.2 Å². The number of hydrogen-bond acceptors (Lipinski definition) is 2. The lowest BCUT2D eigenvalue weighted by Crippen LogP contribution is -2.31. The molecule has 4 nitrogen and oxygen atoms in total. The molecule has 0 unspecified atom stereocenters. The molecule has 29 heavy (non-hydrogen) atoms. The quantitative estimate of drug-likeness (QED) is 0.631. The van der Waals surface area contributed by atoms with Gasteiger partial charge in [-0.15, -0.1) is 0 Å². The van der Waals surface area contributed by atoms with Crippen molar-refractivity contribution in [3.63, 3.8) is 0 Å². The number of benzene rings is 2. The monoisotopic (exact) mass is 401 g/mol. The zero-order chi connectivity index (χ0) is 21.0. The summed E-state index contributed by atoms with van der Waals surface area (Å²) in [6.45, 7) is 1.18. The minimum atomic E-state index is -4.39. The molecule has 0 atom stereocenters. The number of rotatable bonds is 6. The number of hydrogen-bond donors (Lipinski definition) is 2. The topological polar surface area (TPSA) is 48.1 Å². The van der Waals surface area contributed by atoms with E-state index in [1.54, 1.807) is 6.07 Å². The number of amides is 1. The number of aromatic amines is 1. The molecule has 3 rings (SSSR count). The number of nitrogens with one attached hydrogen (secondary N) is 2. The molecule has 3 aromatic rings. The smallest absolute Gasteiger partial charge is 0.354 e. The summed E-state index contributed by atoms with van der Waals surface area (Å²) in [5, 5.41) is 2.88. The van der Waals surface area contributed by atoms with Gasteiger partial charge in [0.25, 0.3) is 5.91 Å². The second kappa shape index (κ2) is 8.53. The van der Waals surface area contributed by atoms with Gasteiger partial charge in [-0.3, -0.25) is 4.79 Å². The molecular weight excluding hydrogens is 379 g/mol. The lowest BCUT2D eigenvalue weighted by molar-refractivity contribution is -0.137. The van der Waals surface area contributed by atoms with Crippen LogP contribution in [0.1, 0.15) is 15.9 Å². The Bertz CT molecular complexity index is 961. The summed E-state index contributed by atoms with van der Waals surface area (Å²) in [5.41, 5.74) is 2.34. The van der Waals surface area contributed by atoms with Crippen LogP contribution in [-0.4, -0.2) is 43.0 Å². The van der Waals surface area contributed by atoms with E-state index < -0.39 is 11.7 Å². The summed E-state index contributed by atoms with van der Waals surface area (Å²) in [7, 11) is 3.83. The molecule has 0 fully saturated rings. The summed E-state index contributed by atoms with van der Waals surface area (Å²) in [6.07, 6.45) is -4.39. The van der Waals surface area contributed by atoms with E-state index in [-0.39, 0.29) is 5.91 Å². The molecule has 1 aromatic heterocycles. The zero-order valence-electron chi connectivity index (χ0n) is 16.2. The minimum Gasteiger partial charge on any atom is -0.354 e. The molecule has 7 heteroatoms. The first kappa shape index (κ1) is 20.7. The molecular formula is C22H22F3N3O. The summed E-state index contributed by atoms with van der Waals surface area (Å²) in [6, 6.07) is 15.9. The largest absolute Gasteiger partial charge is 0.416 e. The SMILES string of the molecule is CN(C)CCNC(=O)c1cc(-c2ccc(C(F)(F)F)cc2)[nH]c1-c1ccccc1. The van der Waals surface area contributed by atoms with Gasteiger partial charge in [-0.1, -0.05) is 42.5 Å². The fraction of sp³-hybridized carbons (Fsp3) is 0.227. The highest BCUT2D eigenvalue weighted by Gasteiger charge is 2.30. The van der Waals surface area contributed by atoms with Crippen LogP contribution in [0.3, 0.4) is 0 Å². The van der Waals surface area contributed by atoms with E-state index in [0.717, 1.165) is 17.7 Å². The van der Waals surface area contributed by atoms with Gasteiger partial charge in [0.2, 0.25) is 0 Å². The fourth-order valence-corrected chi connectivity index (χ4v) is 2.95. The number of likely N-dealkylation sites (N-methyl/N-ethyl adjacent to an activating group) is 1. The number of H-pyrrole nitrogens is 1. The molecule has 0 saturated carbocycles. The van der Waals surface area contributed by atoms with Crippen molar-refractivity contribution in [2.45, 2.75) is 6.18 Å². The first-order valence-electron chi connectivity index (χ1n) is 9.14. The van der Waals surface area contributed by atoms with Crippen molar-refractivity contribution >= 4 is 5.91 Å². The van der Waals surface area contributed by atoms with E-state index in [0.29, 0.717) is 35.6 Å². The maximum Gasteiger partial charge on any atom is 0.416 e. The van der Waals surface area contributed by atoms with Gasteiger partial charge in [-0.2, -0.15) is 13.2 Å². The van der Waals surface area contributed by atoms with Gasteiger partial charge < -0.3 is 15.2 Å². The average Bonchev–Trinajstić information content (AvgIpc) is 3.13. The number of carbonyl (C=O) groups excluding carboxylic acids is 1. The van der Waals surface area contributed by atoms with E-state index in [1.807, 2.05) is 49.3 Å². The lowest BCUT2D eigenvalue weighted by atomic mass is 10.1. The Morgan fingerprint density at radius 2 is 1.66 bits per heavy atom. The van der Waals surface area contributed by atoms with Crippen molar-refractivity contribution in [2.24, 2.45) is 0 Å². The Hall–Kier alpha value is -3.06. The first-order valence-corrected chi connectivity index (χ1v) is 9.14. The van der Waals surface area contributed by atoms with Gasteiger partial charge in [-0.25, -0.2) is 0 Å². The third-order valence-corrected chi connectivity index (χ3v) is 4.49. The van der Waals surface area contributed by atoms with Crippen LogP contribution in [0.25, 0.3) is 22.5 Å². The number of nitrogens with zero attached hydrogens (tertiary/aromatic N) is 1. The summed E-state index contributed by atoms with van der Waals surface area (Å²) in [5.74, 6) is -0.236. The Labute approximate surface area is 167 Å². The van der Waals surface area contributed by atoms with Gasteiger partial charge in [0.1, 0.15) is 0 Å². The molecule has 0 bridgehead atoms. The number of carbonyl (C=O) groups is 1. The van der Waals surface area contributed by atoms with Crippen LogP contribution in [0.5, 0.6) is 0 Å². The summed E-state index contributed by atoms with van der Waals surface area (Å²) in [4.78, 5) is 17.9. The molecule has 2 N–H and O–H groups in total. The molecule has 0 radical (unpaired) electrons. The van der Waals surface area contributed by atoms with Crippen LogP contribution in [0.15, 0.2) is 60.7 Å². The van der Waals surface area contributed by atoms with Crippen molar-refractivity contribution in [1.82, 2.24) is 15.2 Å². The van der Waals surface area contributed by atoms with Crippen LogP contribution in [0.2, 0.25) is 0 Å². The van der Waals surface area contributed by atoms with Crippen molar-refractivity contribution < 1.29 is 18.0 Å². The predicted octanol–water partition coefficient (Wildman–Crippen LogP) is 4.66. The lowest BCUT2D eigenvalue weighted by Gasteiger charge is -2.10. The van der Waals surface area contributed by atoms with Gasteiger partial charge in [0.05, 0.1) is 16.8 Å². The third-order valence-electron chi connectivity index (χ3n) is 4.49. The van der Waals surface area contributed by atoms with Crippen LogP contribution < -0.4 is 5.32 Å².